The van der Waals surface area contributed by atoms with E-state index in [0.29, 0.717) is 0 Å². The van der Waals surface area contributed by atoms with Crippen LogP contribution in [0.15, 0.2) is 30.3 Å². The zero-order valence-electron chi connectivity index (χ0n) is 11.0. The van der Waals surface area contributed by atoms with Crippen LogP contribution in [0.2, 0.25) is 0 Å². The van der Waals surface area contributed by atoms with E-state index in [4.69, 9.17) is 0 Å². The van der Waals surface area contributed by atoms with Crippen molar-refractivity contribution >= 4 is 0 Å². The molecule has 1 heterocycles. The van der Waals surface area contributed by atoms with Gasteiger partial charge in [0.1, 0.15) is 12.6 Å². The largest absolute Gasteiger partial charge is 0.353 e. The molecule has 0 aromatic heterocycles. The molecule has 4 N–H and O–H groups in total. The lowest BCUT2D eigenvalue weighted by atomic mass is 9.90. The fourth-order valence-corrected chi connectivity index (χ4v) is 2.90. The maximum Gasteiger partial charge on any atom is 0.134 e. The van der Waals surface area contributed by atoms with E-state index >= 15 is 0 Å². The molecule has 0 amide bonds. The van der Waals surface area contributed by atoms with Gasteiger partial charge in [0.15, 0.2) is 0 Å². The lowest BCUT2D eigenvalue weighted by Gasteiger charge is -2.32. The lowest BCUT2D eigenvalue weighted by Crippen LogP contribution is -3.17. The Morgan fingerprint density at radius 3 is 2.47 bits per heavy atom. The number of likely N-dealkylation sites (tertiary alicyclic amines) is 1. The maximum atomic E-state index is 4.03. The molecule has 2 rings (SSSR count). The number of hydrogen-bond acceptors (Lipinski definition) is 0. The molecule has 1 fully saturated rings. The van der Waals surface area contributed by atoms with Crippen molar-refractivity contribution in [2.75, 3.05) is 19.6 Å². The summed E-state index contributed by atoms with van der Waals surface area (Å²) in [5, 5.41) is 0. The zero-order valence-corrected chi connectivity index (χ0v) is 11.0. The van der Waals surface area contributed by atoms with Crippen molar-refractivity contribution in [3.63, 3.8) is 0 Å². The van der Waals surface area contributed by atoms with Crippen molar-refractivity contribution in [3.05, 3.63) is 35.9 Å². The molecule has 2 heteroatoms. The first-order valence-corrected chi connectivity index (χ1v) is 6.97. The maximum absolute atomic E-state index is 4.03. The summed E-state index contributed by atoms with van der Waals surface area (Å²) in [6.07, 6.45) is 4.04. The molecule has 1 aromatic rings. The fourth-order valence-electron chi connectivity index (χ4n) is 2.90. The van der Waals surface area contributed by atoms with Crippen molar-refractivity contribution in [3.8, 4) is 0 Å². The van der Waals surface area contributed by atoms with Crippen molar-refractivity contribution < 1.29 is 10.6 Å². The van der Waals surface area contributed by atoms with E-state index < -0.39 is 0 Å². The van der Waals surface area contributed by atoms with Gasteiger partial charge in [0.2, 0.25) is 0 Å². The second-order valence-electron chi connectivity index (χ2n) is 5.48. The van der Waals surface area contributed by atoms with Crippen LogP contribution < -0.4 is 10.6 Å². The molecule has 94 valence electrons. The van der Waals surface area contributed by atoms with Gasteiger partial charge < -0.3 is 10.6 Å². The van der Waals surface area contributed by atoms with Gasteiger partial charge >= 0.3 is 0 Å². The molecule has 0 aliphatic carbocycles. The molecule has 0 saturated carbocycles. The Hall–Kier alpha value is -0.860. The summed E-state index contributed by atoms with van der Waals surface area (Å²) in [7, 11) is 0. The average Bonchev–Trinajstić information content (AvgIpc) is 2.40. The van der Waals surface area contributed by atoms with Gasteiger partial charge in [-0.2, -0.15) is 0 Å². The molecule has 0 spiro atoms. The van der Waals surface area contributed by atoms with E-state index in [1.54, 1.807) is 4.90 Å². The van der Waals surface area contributed by atoms with Crippen LogP contribution in [0.25, 0.3) is 0 Å². The molecule has 2 nitrogen and oxygen atoms in total. The predicted molar refractivity (Wildman–Crippen MR) is 70.8 cm³/mol. The monoisotopic (exact) mass is 234 g/mol. The molecular formula is C15H26N2+2. The first kappa shape index (κ1) is 12.6. The normalized spacial score (nSPS) is 26.7. The van der Waals surface area contributed by atoms with Crippen molar-refractivity contribution in [1.82, 2.24) is 0 Å². The molecular weight excluding hydrogens is 208 g/mol. The van der Waals surface area contributed by atoms with Gasteiger partial charge in [-0.05, 0) is 37.7 Å². The van der Waals surface area contributed by atoms with Gasteiger partial charge in [-0.25, -0.2) is 0 Å². The fraction of sp³-hybridized carbons (Fsp3) is 0.600. The van der Waals surface area contributed by atoms with E-state index in [9.17, 15) is 0 Å². The van der Waals surface area contributed by atoms with E-state index in [0.717, 1.165) is 18.5 Å². The number of hydrogen-bond donors (Lipinski definition) is 2. The average molecular weight is 234 g/mol. The highest BCUT2D eigenvalue weighted by Gasteiger charge is 2.25. The minimum Gasteiger partial charge on any atom is -0.353 e. The highest BCUT2D eigenvalue weighted by Crippen LogP contribution is 2.16. The third-order valence-corrected chi connectivity index (χ3v) is 4.24. The molecule has 0 radical (unpaired) electrons. The Kier molecular flexibility index (Phi) is 4.57. The van der Waals surface area contributed by atoms with E-state index in [-0.39, 0.29) is 0 Å². The van der Waals surface area contributed by atoms with Gasteiger partial charge in [-0.15, -0.1) is 0 Å². The van der Waals surface area contributed by atoms with Gasteiger partial charge in [0.05, 0.1) is 13.1 Å². The third-order valence-electron chi connectivity index (χ3n) is 4.24. The second-order valence-corrected chi connectivity index (χ2v) is 5.48. The number of nitrogens with one attached hydrogen (secondary N) is 1. The van der Waals surface area contributed by atoms with Crippen LogP contribution in [0.1, 0.15) is 25.3 Å². The van der Waals surface area contributed by atoms with Crippen LogP contribution in [-0.2, 0) is 6.42 Å². The molecule has 1 aromatic carbocycles. The number of rotatable bonds is 4. The number of benzene rings is 1. The van der Waals surface area contributed by atoms with Gasteiger partial charge in [-0.1, -0.05) is 30.3 Å². The number of quaternary nitrogens is 2. The molecule has 1 aliphatic rings. The summed E-state index contributed by atoms with van der Waals surface area (Å²) in [6.45, 7) is 6.08. The van der Waals surface area contributed by atoms with Crippen molar-refractivity contribution in [2.45, 2.75) is 32.2 Å². The van der Waals surface area contributed by atoms with Gasteiger partial charge in [0, 0.05) is 0 Å². The topological polar surface area (TPSA) is 32.1 Å². The standard InChI is InChI=1S/C15H24N2/c1-13(12-16)17-9-7-15(8-10-17)11-14-5-3-2-4-6-14/h2-6,13,15H,7-12,16H2,1H3/p+2/t13-/m0/s1. The van der Waals surface area contributed by atoms with Crippen LogP contribution in [0.5, 0.6) is 0 Å². The summed E-state index contributed by atoms with van der Waals surface area (Å²) in [6, 6.07) is 11.7. The van der Waals surface area contributed by atoms with Gasteiger partial charge in [0.25, 0.3) is 0 Å². The van der Waals surface area contributed by atoms with Gasteiger partial charge in [-0.3, -0.25) is 0 Å². The highest BCUT2D eigenvalue weighted by molar-refractivity contribution is 5.15. The molecule has 1 aliphatic heterocycles. The van der Waals surface area contributed by atoms with Crippen LogP contribution in [0, 0.1) is 5.92 Å². The molecule has 0 bridgehead atoms. The quantitative estimate of drug-likeness (QED) is 0.744. The molecule has 1 atom stereocenters. The Morgan fingerprint density at radius 1 is 1.24 bits per heavy atom. The number of piperidine rings is 1. The second kappa shape index (κ2) is 6.18. The first-order valence-electron chi connectivity index (χ1n) is 6.97. The Morgan fingerprint density at radius 2 is 1.88 bits per heavy atom. The Labute approximate surface area is 105 Å². The lowest BCUT2D eigenvalue weighted by molar-refractivity contribution is -0.934. The summed E-state index contributed by atoms with van der Waals surface area (Å²) < 4.78 is 0. The third kappa shape index (κ3) is 3.55. The summed E-state index contributed by atoms with van der Waals surface area (Å²) >= 11 is 0. The first-order chi connectivity index (χ1) is 8.29. The molecule has 1 saturated heterocycles. The smallest absolute Gasteiger partial charge is 0.134 e. The van der Waals surface area contributed by atoms with Crippen molar-refractivity contribution in [1.29, 1.82) is 0 Å². The van der Waals surface area contributed by atoms with E-state index in [2.05, 4.69) is 43.0 Å². The van der Waals surface area contributed by atoms with E-state index in [1.807, 2.05) is 0 Å². The molecule has 17 heavy (non-hydrogen) atoms. The Balaban J connectivity index is 1.80. The minimum absolute atomic E-state index is 0.743. The highest BCUT2D eigenvalue weighted by atomic mass is 15.2. The van der Waals surface area contributed by atoms with Crippen LogP contribution in [-0.4, -0.2) is 25.7 Å². The van der Waals surface area contributed by atoms with Crippen LogP contribution >= 0.6 is 0 Å². The van der Waals surface area contributed by atoms with Crippen LogP contribution in [0.4, 0.5) is 0 Å². The SMILES string of the molecule is C[C@@H](C[NH3+])[NH+]1CCC(Cc2ccccc2)CC1. The molecule has 0 unspecified atom stereocenters. The predicted octanol–water partition coefficient (Wildman–Crippen LogP) is 0.154. The van der Waals surface area contributed by atoms with Crippen molar-refractivity contribution in [2.24, 2.45) is 5.92 Å². The minimum atomic E-state index is 0.743. The summed E-state index contributed by atoms with van der Waals surface area (Å²) in [5.74, 6) is 0.901. The van der Waals surface area contributed by atoms with E-state index in [1.165, 1.54) is 37.9 Å². The van der Waals surface area contributed by atoms with Crippen LogP contribution in [0.3, 0.4) is 0 Å². The summed E-state index contributed by atoms with van der Waals surface area (Å²) in [5.41, 5.74) is 5.53. The summed E-state index contributed by atoms with van der Waals surface area (Å²) in [4.78, 5) is 1.77. The Bertz CT molecular complexity index is 315. The zero-order chi connectivity index (χ0) is 12.1.